The van der Waals surface area contributed by atoms with Crippen molar-refractivity contribution in [3.8, 4) is 11.5 Å². The van der Waals surface area contributed by atoms with Gasteiger partial charge in [0.05, 0.1) is 0 Å². The first-order valence-electron chi connectivity index (χ1n) is 3.53. The second-order valence-corrected chi connectivity index (χ2v) is 2.44. The van der Waals surface area contributed by atoms with E-state index >= 15 is 0 Å². The number of aliphatic hydroxyl groups excluding tert-OH is 1. The number of anilines is 1. The average molecular weight is 169 g/mol. The average Bonchev–Trinajstić information content (AvgIpc) is 1.94. The van der Waals surface area contributed by atoms with Gasteiger partial charge in [0.25, 0.3) is 0 Å². The van der Waals surface area contributed by atoms with Crippen LogP contribution < -0.4 is 10.5 Å². The fourth-order valence-electron chi connectivity index (χ4n) is 0.818. The SMILES string of the molecule is CC(O)Oc1ccc(N)cc1O. The zero-order valence-electron chi connectivity index (χ0n) is 6.69. The molecule has 0 bridgehead atoms. The van der Waals surface area contributed by atoms with Crippen LogP contribution in [0.4, 0.5) is 5.69 Å². The van der Waals surface area contributed by atoms with E-state index in [1.54, 1.807) is 6.07 Å². The van der Waals surface area contributed by atoms with Gasteiger partial charge in [-0.05, 0) is 19.1 Å². The topological polar surface area (TPSA) is 75.7 Å². The van der Waals surface area contributed by atoms with Crippen molar-refractivity contribution in [2.45, 2.75) is 13.2 Å². The van der Waals surface area contributed by atoms with E-state index in [0.717, 1.165) is 0 Å². The van der Waals surface area contributed by atoms with Crippen LogP contribution in [-0.2, 0) is 0 Å². The molecule has 1 atom stereocenters. The molecule has 1 aromatic rings. The molecule has 4 heteroatoms. The molecule has 0 heterocycles. The second kappa shape index (κ2) is 3.32. The number of benzene rings is 1. The summed E-state index contributed by atoms with van der Waals surface area (Å²) in [5.41, 5.74) is 5.83. The lowest BCUT2D eigenvalue weighted by Crippen LogP contribution is -2.09. The van der Waals surface area contributed by atoms with Gasteiger partial charge in [-0.25, -0.2) is 0 Å². The predicted molar refractivity (Wildman–Crippen MR) is 44.8 cm³/mol. The molecule has 0 aromatic heterocycles. The molecule has 66 valence electrons. The monoisotopic (exact) mass is 169 g/mol. The molecule has 0 fully saturated rings. The molecular weight excluding hydrogens is 158 g/mol. The summed E-state index contributed by atoms with van der Waals surface area (Å²) in [6.07, 6.45) is -0.945. The number of nitrogen functional groups attached to an aromatic ring is 1. The van der Waals surface area contributed by atoms with Gasteiger partial charge in [-0.1, -0.05) is 0 Å². The van der Waals surface area contributed by atoms with Gasteiger partial charge < -0.3 is 20.7 Å². The first-order valence-corrected chi connectivity index (χ1v) is 3.53. The molecule has 0 aliphatic rings. The maximum Gasteiger partial charge on any atom is 0.194 e. The molecular formula is C8H11NO3. The van der Waals surface area contributed by atoms with Crippen LogP contribution in [0.3, 0.4) is 0 Å². The number of phenolic OH excluding ortho intramolecular Hbond substituents is 1. The summed E-state index contributed by atoms with van der Waals surface area (Å²) in [5, 5.41) is 18.1. The summed E-state index contributed by atoms with van der Waals surface area (Å²) >= 11 is 0. The van der Waals surface area contributed by atoms with Crippen LogP contribution in [0.15, 0.2) is 18.2 Å². The number of hydrogen-bond donors (Lipinski definition) is 3. The normalized spacial score (nSPS) is 12.5. The fourth-order valence-corrected chi connectivity index (χ4v) is 0.818. The lowest BCUT2D eigenvalue weighted by molar-refractivity contribution is -0.00205. The Hall–Kier alpha value is -1.42. The quantitative estimate of drug-likeness (QED) is 0.449. The molecule has 0 radical (unpaired) electrons. The number of phenols is 1. The third kappa shape index (κ3) is 2.03. The highest BCUT2D eigenvalue weighted by Gasteiger charge is 2.04. The van der Waals surface area contributed by atoms with Crippen LogP contribution in [0.2, 0.25) is 0 Å². The Kier molecular flexibility index (Phi) is 2.40. The number of ether oxygens (including phenoxy) is 1. The maximum absolute atomic E-state index is 9.22. The van der Waals surface area contributed by atoms with E-state index in [-0.39, 0.29) is 11.5 Å². The molecule has 0 spiro atoms. The van der Waals surface area contributed by atoms with E-state index in [1.165, 1.54) is 19.1 Å². The fraction of sp³-hybridized carbons (Fsp3) is 0.250. The highest BCUT2D eigenvalue weighted by molar-refractivity contribution is 5.51. The number of rotatable bonds is 2. The van der Waals surface area contributed by atoms with Crippen molar-refractivity contribution in [3.05, 3.63) is 18.2 Å². The van der Waals surface area contributed by atoms with Crippen LogP contribution in [0, 0.1) is 0 Å². The summed E-state index contributed by atoms with van der Waals surface area (Å²) in [7, 11) is 0. The van der Waals surface area contributed by atoms with E-state index in [0.29, 0.717) is 5.69 Å². The van der Waals surface area contributed by atoms with Crippen LogP contribution >= 0.6 is 0 Å². The number of aromatic hydroxyl groups is 1. The maximum atomic E-state index is 9.22. The van der Waals surface area contributed by atoms with Gasteiger partial charge in [-0.3, -0.25) is 0 Å². The molecule has 1 rings (SSSR count). The Bertz CT molecular complexity index is 273. The highest BCUT2D eigenvalue weighted by atomic mass is 16.6. The van der Waals surface area contributed by atoms with Crippen molar-refractivity contribution in [1.29, 1.82) is 0 Å². The highest BCUT2D eigenvalue weighted by Crippen LogP contribution is 2.28. The summed E-state index contributed by atoms with van der Waals surface area (Å²) < 4.78 is 4.85. The minimum Gasteiger partial charge on any atom is -0.504 e. The van der Waals surface area contributed by atoms with Crippen LogP contribution in [0.1, 0.15) is 6.92 Å². The van der Waals surface area contributed by atoms with Crippen molar-refractivity contribution in [3.63, 3.8) is 0 Å². The molecule has 4 nitrogen and oxygen atoms in total. The lowest BCUT2D eigenvalue weighted by Gasteiger charge is -2.09. The molecule has 0 aliphatic carbocycles. The Labute approximate surface area is 70.2 Å². The van der Waals surface area contributed by atoms with Crippen molar-refractivity contribution < 1.29 is 14.9 Å². The first-order chi connectivity index (χ1) is 5.59. The Morgan fingerprint density at radius 1 is 1.50 bits per heavy atom. The second-order valence-electron chi connectivity index (χ2n) is 2.44. The van der Waals surface area contributed by atoms with E-state index in [2.05, 4.69) is 0 Å². The zero-order chi connectivity index (χ0) is 9.14. The molecule has 0 saturated heterocycles. The Morgan fingerprint density at radius 3 is 2.67 bits per heavy atom. The van der Waals surface area contributed by atoms with Gasteiger partial charge in [0, 0.05) is 11.8 Å². The summed E-state index contributed by atoms with van der Waals surface area (Å²) in [6.45, 7) is 1.45. The molecule has 0 aliphatic heterocycles. The summed E-state index contributed by atoms with van der Waals surface area (Å²) in [4.78, 5) is 0. The zero-order valence-corrected chi connectivity index (χ0v) is 6.69. The predicted octanol–water partition coefficient (Wildman–Crippen LogP) is 0.691. The van der Waals surface area contributed by atoms with E-state index in [9.17, 15) is 5.11 Å². The molecule has 1 unspecified atom stereocenters. The van der Waals surface area contributed by atoms with Crippen LogP contribution in [0.25, 0.3) is 0 Å². The van der Waals surface area contributed by atoms with Gasteiger partial charge in [0.2, 0.25) is 0 Å². The Balaban J connectivity index is 2.86. The van der Waals surface area contributed by atoms with E-state index in [4.69, 9.17) is 15.6 Å². The van der Waals surface area contributed by atoms with Crippen molar-refractivity contribution in [2.24, 2.45) is 0 Å². The molecule has 12 heavy (non-hydrogen) atoms. The standard InChI is InChI=1S/C8H11NO3/c1-5(10)12-8-3-2-6(9)4-7(8)11/h2-5,10-11H,9H2,1H3. The number of hydrogen-bond acceptors (Lipinski definition) is 4. The molecule has 0 amide bonds. The Morgan fingerprint density at radius 2 is 2.17 bits per heavy atom. The summed E-state index contributed by atoms with van der Waals surface area (Å²) in [6, 6.07) is 4.44. The van der Waals surface area contributed by atoms with Gasteiger partial charge in [0.1, 0.15) is 0 Å². The minimum absolute atomic E-state index is 0.0732. The largest absolute Gasteiger partial charge is 0.504 e. The molecule has 1 aromatic carbocycles. The van der Waals surface area contributed by atoms with Gasteiger partial charge >= 0.3 is 0 Å². The van der Waals surface area contributed by atoms with Crippen LogP contribution in [0.5, 0.6) is 11.5 Å². The third-order valence-corrected chi connectivity index (χ3v) is 1.28. The van der Waals surface area contributed by atoms with Crippen LogP contribution in [-0.4, -0.2) is 16.5 Å². The smallest absolute Gasteiger partial charge is 0.194 e. The van der Waals surface area contributed by atoms with Crippen molar-refractivity contribution >= 4 is 5.69 Å². The molecule has 0 saturated carbocycles. The molecule has 4 N–H and O–H groups in total. The van der Waals surface area contributed by atoms with Gasteiger partial charge in [0.15, 0.2) is 17.8 Å². The van der Waals surface area contributed by atoms with Crippen molar-refractivity contribution in [2.75, 3.05) is 5.73 Å². The van der Waals surface area contributed by atoms with Gasteiger partial charge in [-0.15, -0.1) is 0 Å². The van der Waals surface area contributed by atoms with E-state index < -0.39 is 6.29 Å². The van der Waals surface area contributed by atoms with Gasteiger partial charge in [-0.2, -0.15) is 0 Å². The first kappa shape index (κ1) is 8.67. The number of nitrogens with two attached hydrogens (primary N) is 1. The number of aliphatic hydroxyl groups is 1. The third-order valence-electron chi connectivity index (χ3n) is 1.28. The van der Waals surface area contributed by atoms with Crippen molar-refractivity contribution in [1.82, 2.24) is 0 Å². The minimum atomic E-state index is -0.945. The lowest BCUT2D eigenvalue weighted by atomic mass is 10.3. The van der Waals surface area contributed by atoms with E-state index in [1.807, 2.05) is 0 Å². The summed E-state index contributed by atoms with van der Waals surface area (Å²) in [5.74, 6) is 0.148.